The third-order valence-corrected chi connectivity index (χ3v) is 1.89. The molecule has 0 unspecified atom stereocenters. The number of rotatable bonds is 2. The summed E-state index contributed by atoms with van der Waals surface area (Å²) in [6.07, 6.45) is -0.562. The smallest absolute Gasteiger partial charge is 0.411 e. The number of nitrogens with zero attached hydrogens (tertiary/aromatic N) is 1. The molecule has 0 aliphatic carbocycles. The standard InChI is InChI=1S/C10H12N2O3/c1-7(12-14)8-5-3-4-6-9(8)11-10(13)15-2/h3-6,14H,1-2H3,(H,11,13)/b12-7+. The van der Waals surface area contributed by atoms with E-state index < -0.39 is 6.09 Å². The van der Waals surface area contributed by atoms with Crippen LogP contribution in [0.2, 0.25) is 0 Å². The molecule has 1 aromatic carbocycles. The summed E-state index contributed by atoms with van der Waals surface area (Å²) in [5, 5.41) is 14.2. The molecule has 0 spiro atoms. The van der Waals surface area contributed by atoms with Crippen molar-refractivity contribution in [2.24, 2.45) is 5.16 Å². The Balaban J connectivity index is 3.01. The number of nitrogens with one attached hydrogen (secondary N) is 1. The van der Waals surface area contributed by atoms with Crippen molar-refractivity contribution in [3.05, 3.63) is 29.8 Å². The van der Waals surface area contributed by atoms with Gasteiger partial charge in [-0.25, -0.2) is 4.79 Å². The molecule has 0 radical (unpaired) electrons. The Bertz CT molecular complexity index is 388. The molecule has 15 heavy (non-hydrogen) atoms. The van der Waals surface area contributed by atoms with Crippen LogP contribution in [0, 0.1) is 0 Å². The van der Waals surface area contributed by atoms with Crippen molar-refractivity contribution in [2.75, 3.05) is 12.4 Å². The van der Waals surface area contributed by atoms with E-state index in [2.05, 4.69) is 15.2 Å². The summed E-state index contributed by atoms with van der Waals surface area (Å²) in [4.78, 5) is 11.0. The number of amides is 1. The first kappa shape index (κ1) is 11.0. The van der Waals surface area contributed by atoms with Crippen LogP contribution in [0.3, 0.4) is 0 Å². The van der Waals surface area contributed by atoms with E-state index >= 15 is 0 Å². The van der Waals surface area contributed by atoms with Gasteiger partial charge in [0, 0.05) is 5.56 Å². The molecule has 80 valence electrons. The number of hydrogen-bond donors (Lipinski definition) is 2. The van der Waals surface area contributed by atoms with Gasteiger partial charge in [0.15, 0.2) is 0 Å². The molecule has 2 N–H and O–H groups in total. The maximum Gasteiger partial charge on any atom is 0.411 e. The fourth-order valence-corrected chi connectivity index (χ4v) is 1.12. The molecule has 0 fully saturated rings. The molecule has 0 aliphatic heterocycles. The number of para-hydroxylation sites is 1. The van der Waals surface area contributed by atoms with Crippen LogP contribution in [-0.4, -0.2) is 24.1 Å². The van der Waals surface area contributed by atoms with Crippen LogP contribution < -0.4 is 5.32 Å². The highest BCUT2D eigenvalue weighted by molar-refractivity contribution is 6.05. The molecule has 5 heteroatoms. The van der Waals surface area contributed by atoms with Gasteiger partial charge in [0.25, 0.3) is 0 Å². The highest BCUT2D eigenvalue weighted by Gasteiger charge is 2.08. The first-order chi connectivity index (χ1) is 7.19. The number of carbonyl (C=O) groups is 1. The zero-order valence-corrected chi connectivity index (χ0v) is 8.52. The number of hydrogen-bond acceptors (Lipinski definition) is 4. The van der Waals surface area contributed by atoms with Gasteiger partial charge in [-0.05, 0) is 13.0 Å². The van der Waals surface area contributed by atoms with Gasteiger partial charge in [0.05, 0.1) is 18.5 Å². The van der Waals surface area contributed by atoms with Gasteiger partial charge in [-0.1, -0.05) is 23.4 Å². The lowest BCUT2D eigenvalue weighted by Gasteiger charge is -2.08. The topological polar surface area (TPSA) is 70.9 Å². The van der Waals surface area contributed by atoms with Crippen LogP contribution in [0.4, 0.5) is 10.5 Å². The van der Waals surface area contributed by atoms with Crippen LogP contribution in [0.1, 0.15) is 12.5 Å². The highest BCUT2D eigenvalue weighted by atomic mass is 16.5. The van der Waals surface area contributed by atoms with Crippen LogP contribution in [-0.2, 0) is 4.74 Å². The molecule has 1 amide bonds. The second kappa shape index (κ2) is 4.99. The van der Waals surface area contributed by atoms with E-state index in [9.17, 15) is 4.79 Å². The molecule has 0 heterocycles. The van der Waals surface area contributed by atoms with Gasteiger partial charge >= 0.3 is 6.09 Å². The Hall–Kier alpha value is -2.04. The third-order valence-electron chi connectivity index (χ3n) is 1.89. The van der Waals surface area contributed by atoms with E-state index in [1.165, 1.54) is 7.11 Å². The quantitative estimate of drug-likeness (QED) is 0.444. The number of carbonyl (C=O) groups excluding carboxylic acids is 1. The molecule has 1 rings (SSSR count). The van der Waals surface area contributed by atoms with Crippen LogP contribution in [0.15, 0.2) is 29.4 Å². The van der Waals surface area contributed by atoms with Gasteiger partial charge in [-0.3, -0.25) is 5.32 Å². The average Bonchev–Trinajstić information content (AvgIpc) is 2.28. The van der Waals surface area contributed by atoms with Gasteiger partial charge < -0.3 is 9.94 Å². The summed E-state index contributed by atoms with van der Waals surface area (Å²) in [6, 6.07) is 6.98. The fourth-order valence-electron chi connectivity index (χ4n) is 1.12. The maximum atomic E-state index is 11.0. The van der Waals surface area contributed by atoms with Crippen LogP contribution in [0.5, 0.6) is 0 Å². The molecule has 0 aromatic heterocycles. The summed E-state index contributed by atoms with van der Waals surface area (Å²) < 4.78 is 4.47. The van der Waals surface area contributed by atoms with Crippen molar-refractivity contribution >= 4 is 17.5 Å². The Kier molecular flexibility index (Phi) is 3.68. The minimum absolute atomic E-state index is 0.419. The normalized spacial score (nSPS) is 10.9. The van der Waals surface area contributed by atoms with Gasteiger partial charge in [0.2, 0.25) is 0 Å². The zero-order valence-electron chi connectivity index (χ0n) is 8.52. The zero-order chi connectivity index (χ0) is 11.3. The Morgan fingerprint density at radius 1 is 1.47 bits per heavy atom. The van der Waals surface area contributed by atoms with Gasteiger partial charge in [0.1, 0.15) is 0 Å². The van der Waals surface area contributed by atoms with Crippen molar-refractivity contribution in [3.63, 3.8) is 0 Å². The van der Waals surface area contributed by atoms with Crippen LogP contribution >= 0.6 is 0 Å². The van der Waals surface area contributed by atoms with Crippen molar-refractivity contribution in [1.82, 2.24) is 0 Å². The summed E-state index contributed by atoms with van der Waals surface area (Å²) in [6.45, 7) is 1.64. The molecule has 0 atom stereocenters. The number of oxime groups is 1. The predicted octanol–water partition coefficient (Wildman–Crippen LogP) is 2.06. The maximum absolute atomic E-state index is 11.0. The molecule has 0 aliphatic rings. The monoisotopic (exact) mass is 208 g/mol. The molecule has 1 aromatic rings. The SMILES string of the molecule is COC(=O)Nc1ccccc1/C(C)=N/O. The first-order valence-corrected chi connectivity index (χ1v) is 4.32. The largest absolute Gasteiger partial charge is 0.453 e. The molecular weight excluding hydrogens is 196 g/mol. The number of ether oxygens (including phenoxy) is 1. The summed E-state index contributed by atoms with van der Waals surface area (Å²) in [5.41, 5.74) is 1.60. The molecular formula is C10H12N2O3. The van der Waals surface area contributed by atoms with E-state index in [1.807, 2.05) is 0 Å². The average molecular weight is 208 g/mol. The van der Waals surface area contributed by atoms with Crippen molar-refractivity contribution in [3.8, 4) is 0 Å². The van der Waals surface area contributed by atoms with Crippen LogP contribution in [0.25, 0.3) is 0 Å². The van der Waals surface area contributed by atoms with Crippen molar-refractivity contribution in [2.45, 2.75) is 6.92 Å². The Morgan fingerprint density at radius 2 is 2.13 bits per heavy atom. The summed E-state index contributed by atoms with van der Waals surface area (Å²) in [7, 11) is 1.28. The second-order valence-electron chi connectivity index (χ2n) is 2.85. The minimum Gasteiger partial charge on any atom is -0.453 e. The highest BCUT2D eigenvalue weighted by Crippen LogP contribution is 2.16. The van der Waals surface area contributed by atoms with E-state index in [4.69, 9.17) is 5.21 Å². The number of benzene rings is 1. The summed E-state index contributed by atoms with van der Waals surface area (Å²) >= 11 is 0. The lowest BCUT2D eigenvalue weighted by Crippen LogP contribution is -2.13. The Morgan fingerprint density at radius 3 is 2.73 bits per heavy atom. The van der Waals surface area contributed by atoms with E-state index in [0.717, 1.165) is 0 Å². The fraction of sp³-hybridized carbons (Fsp3) is 0.200. The molecule has 0 saturated carbocycles. The summed E-state index contributed by atoms with van der Waals surface area (Å²) in [5.74, 6) is 0. The minimum atomic E-state index is -0.562. The molecule has 5 nitrogen and oxygen atoms in total. The molecule has 0 bridgehead atoms. The van der Waals surface area contributed by atoms with E-state index in [1.54, 1.807) is 31.2 Å². The van der Waals surface area contributed by atoms with E-state index in [0.29, 0.717) is 17.0 Å². The van der Waals surface area contributed by atoms with Crippen molar-refractivity contribution < 1.29 is 14.7 Å². The lowest BCUT2D eigenvalue weighted by molar-refractivity contribution is 0.187. The predicted molar refractivity (Wildman–Crippen MR) is 56.5 cm³/mol. The number of methoxy groups -OCH3 is 1. The van der Waals surface area contributed by atoms with Gasteiger partial charge in [-0.2, -0.15) is 0 Å². The third kappa shape index (κ3) is 2.70. The van der Waals surface area contributed by atoms with Crippen molar-refractivity contribution in [1.29, 1.82) is 0 Å². The van der Waals surface area contributed by atoms with E-state index in [-0.39, 0.29) is 0 Å². The number of anilines is 1. The Labute approximate surface area is 87.4 Å². The first-order valence-electron chi connectivity index (χ1n) is 4.32. The van der Waals surface area contributed by atoms with Gasteiger partial charge in [-0.15, -0.1) is 0 Å². The lowest BCUT2D eigenvalue weighted by atomic mass is 10.1. The molecule has 0 saturated heterocycles. The second-order valence-corrected chi connectivity index (χ2v) is 2.85.